The van der Waals surface area contributed by atoms with Crippen molar-refractivity contribution in [1.29, 1.82) is 0 Å². The van der Waals surface area contributed by atoms with Crippen molar-refractivity contribution in [3.8, 4) is 0 Å². The second-order valence-corrected chi connectivity index (χ2v) is 6.67. The van der Waals surface area contributed by atoms with Crippen molar-refractivity contribution in [2.45, 2.75) is 20.3 Å². The summed E-state index contributed by atoms with van der Waals surface area (Å²) < 4.78 is 15.9. The molecule has 3 rings (SSSR count). The predicted molar refractivity (Wildman–Crippen MR) is 90.9 cm³/mol. The van der Waals surface area contributed by atoms with Gasteiger partial charge in [-0.25, -0.2) is 4.39 Å². The third-order valence-corrected chi connectivity index (χ3v) is 5.01. The first-order valence-electron chi connectivity index (χ1n) is 7.33. The summed E-state index contributed by atoms with van der Waals surface area (Å²) in [5.74, 6) is -0.483. The van der Waals surface area contributed by atoms with Crippen LogP contribution in [0.15, 0.2) is 41.4 Å². The van der Waals surface area contributed by atoms with E-state index in [0.717, 1.165) is 21.3 Å². The van der Waals surface area contributed by atoms with E-state index in [0.29, 0.717) is 4.80 Å². The minimum absolute atomic E-state index is 0.198. The molecule has 0 fully saturated rings. The molecule has 3 nitrogen and oxygen atoms in total. The Morgan fingerprint density at radius 3 is 2.70 bits per heavy atom. The van der Waals surface area contributed by atoms with Crippen LogP contribution in [-0.2, 0) is 18.3 Å². The van der Waals surface area contributed by atoms with Crippen molar-refractivity contribution in [2.24, 2.45) is 12.0 Å². The molecule has 0 aliphatic heterocycles. The van der Waals surface area contributed by atoms with E-state index in [9.17, 15) is 9.18 Å². The fourth-order valence-corrected chi connectivity index (χ4v) is 3.51. The number of benzene rings is 2. The number of thiazole rings is 1. The van der Waals surface area contributed by atoms with Crippen molar-refractivity contribution in [2.75, 3.05) is 0 Å². The molecule has 1 amide bonds. The lowest BCUT2D eigenvalue weighted by Gasteiger charge is -2.02. The highest BCUT2D eigenvalue weighted by Gasteiger charge is 2.07. The fourth-order valence-electron chi connectivity index (χ4n) is 2.45. The molecular weight excluding hydrogens is 311 g/mol. The van der Waals surface area contributed by atoms with E-state index in [-0.39, 0.29) is 18.1 Å². The van der Waals surface area contributed by atoms with Crippen LogP contribution in [0.5, 0.6) is 0 Å². The van der Waals surface area contributed by atoms with Gasteiger partial charge in [0.05, 0.1) is 16.6 Å². The summed E-state index contributed by atoms with van der Waals surface area (Å²) in [6.45, 7) is 4.07. The van der Waals surface area contributed by atoms with Gasteiger partial charge in [-0.2, -0.15) is 4.99 Å². The van der Waals surface area contributed by atoms with Crippen molar-refractivity contribution in [3.05, 3.63) is 63.7 Å². The summed E-state index contributed by atoms with van der Waals surface area (Å²) in [5.41, 5.74) is 4.19. The van der Waals surface area contributed by atoms with Crippen LogP contribution < -0.4 is 4.80 Å². The largest absolute Gasteiger partial charge is 0.319 e. The molecule has 0 bridgehead atoms. The Hall–Kier alpha value is -2.27. The molecular formula is C18H17FN2OS. The molecule has 0 saturated carbocycles. The molecule has 0 radical (unpaired) electrons. The Kier molecular flexibility index (Phi) is 4.13. The van der Waals surface area contributed by atoms with E-state index in [2.05, 4.69) is 4.99 Å². The molecule has 2 aromatic carbocycles. The SMILES string of the molecule is Cc1ccc(CC(=O)N=c2sc3cc(F)ccc3n2C)cc1C. The summed E-state index contributed by atoms with van der Waals surface area (Å²) >= 11 is 1.32. The van der Waals surface area contributed by atoms with E-state index in [1.807, 2.05) is 43.7 Å². The number of fused-ring (bicyclic) bond motifs is 1. The number of rotatable bonds is 2. The van der Waals surface area contributed by atoms with Gasteiger partial charge in [0, 0.05) is 7.05 Å². The van der Waals surface area contributed by atoms with Crippen molar-refractivity contribution >= 4 is 27.5 Å². The summed E-state index contributed by atoms with van der Waals surface area (Å²) in [6.07, 6.45) is 0.268. The van der Waals surface area contributed by atoms with Gasteiger partial charge in [-0.15, -0.1) is 0 Å². The molecule has 5 heteroatoms. The van der Waals surface area contributed by atoms with Gasteiger partial charge in [0.1, 0.15) is 5.82 Å². The predicted octanol–water partition coefficient (Wildman–Crippen LogP) is 3.67. The standard InChI is InChI=1S/C18H17FN2OS/c1-11-4-5-13(8-12(11)2)9-17(22)20-18-21(3)15-7-6-14(19)10-16(15)23-18/h4-8,10H,9H2,1-3H3. The van der Waals surface area contributed by atoms with E-state index in [4.69, 9.17) is 0 Å². The maximum atomic E-state index is 13.3. The minimum Gasteiger partial charge on any atom is -0.319 e. The van der Waals surface area contributed by atoms with Crippen LogP contribution in [0.3, 0.4) is 0 Å². The van der Waals surface area contributed by atoms with Crippen LogP contribution in [0.2, 0.25) is 0 Å². The van der Waals surface area contributed by atoms with E-state index in [1.54, 1.807) is 6.07 Å². The zero-order chi connectivity index (χ0) is 16.6. The number of carbonyl (C=O) groups is 1. The molecule has 0 unspecified atom stereocenters. The molecule has 0 aliphatic rings. The highest BCUT2D eigenvalue weighted by Crippen LogP contribution is 2.17. The summed E-state index contributed by atoms with van der Waals surface area (Å²) in [7, 11) is 1.83. The second-order valence-electron chi connectivity index (χ2n) is 5.66. The topological polar surface area (TPSA) is 34.4 Å². The summed E-state index contributed by atoms with van der Waals surface area (Å²) in [4.78, 5) is 17.0. The Morgan fingerprint density at radius 1 is 1.17 bits per heavy atom. The molecule has 1 aromatic heterocycles. The quantitative estimate of drug-likeness (QED) is 0.707. The average molecular weight is 328 g/mol. The Labute approximate surface area is 137 Å². The summed E-state index contributed by atoms with van der Waals surface area (Å²) in [6, 6.07) is 10.6. The van der Waals surface area contributed by atoms with Gasteiger partial charge in [0.2, 0.25) is 0 Å². The molecule has 0 atom stereocenters. The minimum atomic E-state index is -0.285. The normalized spacial score (nSPS) is 12.1. The lowest BCUT2D eigenvalue weighted by atomic mass is 10.0. The van der Waals surface area contributed by atoms with E-state index in [1.165, 1.54) is 29.0 Å². The van der Waals surface area contributed by atoms with Gasteiger partial charge < -0.3 is 4.57 Å². The molecule has 3 aromatic rings. The average Bonchev–Trinajstić information content (AvgIpc) is 2.78. The summed E-state index contributed by atoms with van der Waals surface area (Å²) in [5, 5.41) is 0. The molecule has 118 valence electrons. The number of hydrogen-bond donors (Lipinski definition) is 0. The Morgan fingerprint density at radius 2 is 1.96 bits per heavy atom. The molecule has 0 aliphatic carbocycles. The zero-order valence-electron chi connectivity index (χ0n) is 13.3. The number of hydrogen-bond acceptors (Lipinski definition) is 2. The fraction of sp³-hybridized carbons (Fsp3) is 0.222. The maximum absolute atomic E-state index is 13.3. The molecule has 0 saturated heterocycles. The van der Waals surface area contributed by atoms with Gasteiger partial charge in [-0.1, -0.05) is 29.5 Å². The van der Waals surface area contributed by atoms with Crippen LogP contribution in [0, 0.1) is 19.7 Å². The molecule has 1 heterocycles. The van der Waals surface area contributed by atoms with Crippen molar-refractivity contribution in [1.82, 2.24) is 4.57 Å². The number of carbonyl (C=O) groups excluding carboxylic acids is 1. The van der Waals surface area contributed by atoms with Crippen LogP contribution >= 0.6 is 11.3 Å². The van der Waals surface area contributed by atoms with E-state index < -0.39 is 0 Å². The highest BCUT2D eigenvalue weighted by atomic mass is 32.1. The lowest BCUT2D eigenvalue weighted by molar-refractivity contribution is -0.117. The number of amides is 1. The van der Waals surface area contributed by atoms with Crippen molar-refractivity contribution in [3.63, 3.8) is 0 Å². The van der Waals surface area contributed by atoms with Crippen molar-refractivity contribution < 1.29 is 9.18 Å². The molecule has 0 spiro atoms. The Balaban J connectivity index is 1.93. The maximum Gasteiger partial charge on any atom is 0.252 e. The van der Waals surface area contributed by atoms with Gasteiger partial charge >= 0.3 is 0 Å². The zero-order valence-corrected chi connectivity index (χ0v) is 14.1. The number of aromatic nitrogens is 1. The van der Waals surface area contributed by atoms with Crippen LogP contribution in [0.4, 0.5) is 4.39 Å². The smallest absolute Gasteiger partial charge is 0.252 e. The number of aryl methyl sites for hydroxylation is 3. The number of nitrogens with zero attached hydrogens (tertiary/aromatic N) is 2. The van der Waals surface area contributed by atoms with Crippen LogP contribution in [-0.4, -0.2) is 10.5 Å². The lowest BCUT2D eigenvalue weighted by Crippen LogP contribution is -2.14. The Bertz CT molecular complexity index is 969. The first-order chi connectivity index (χ1) is 10.9. The first-order valence-corrected chi connectivity index (χ1v) is 8.14. The van der Waals surface area contributed by atoms with Gasteiger partial charge in [0.15, 0.2) is 4.80 Å². The first kappa shape index (κ1) is 15.6. The van der Waals surface area contributed by atoms with Gasteiger partial charge in [0.25, 0.3) is 5.91 Å². The molecule has 23 heavy (non-hydrogen) atoms. The van der Waals surface area contributed by atoms with Gasteiger partial charge in [-0.05, 0) is 48.7 Å². The third-order valence-electron chi connectivity index (χ3n) is 3.92. The third kappa shape index (κ3) is 3.24. The monoisotopic (exact) mass is 328 g/mol. The van der Waals surface area contributed by atoms with Crippen LogP contribution in [0.25, 0.3) is 10.2 Å². The highest BCUT2D eigenvalue weighted by molar-refractivity contribution is 7.16. The van der Waals surface area contributed by atoms with Crippen LogP contribution in [0.1, 0.15) is 16.7 Å². The second kappa shape index (κ2) is 6.08. The number of halogens is 1. The van der Waals surface area contributed by atoms with Gasteiger partial charge in [-0.3, -0.25) is 4.79 Å². The van der Waals surface area contributed by atoms with E-state index >= 15 is 0 Å². The molecule has 0 N–H and O–H groups in total.